The average Bonchev–Trinajstić information content (AvgIpc) is 2.01. The Bertz CT molecular complexity index is 333. The summed E-state index contributed by atoms with van der Waals surface area (Å²) < 4.78 is 38.1. The van der Waals surface area contributed by atoms with Gasteiger partial charge in [0, 0.05) is 9.77 Å². The van der Waals surface area contributed by atoms with Gasteiger partial charge in [0.2, 0.25) is 0 Å². The lowest BCUT2D eigenvalue weighted by atomic mass is 10.0. The minimum atomic E-state index is -4.31. The first-order valence-corrected chi connectivity index (χ1v) is 5.13. The number of halogens is 4. The largest absolute Gasteiger partial charge is 0.418 e. The summed E-state index contributed by atoms with van der Waals surface area (Å²) in [7, 11) is 0. The number of pyridine rings is 1. The van der Waals surface area contributed by atoms with Crippen LogP contribution in [0.4, 0.5) is 13.2 Å². The van der Waals surface area contributed by atoms with Gasteiger partial charge >= 0.3 is 6.18 Å². The summed E-state index contributed by atoms with van der Waals surface area (Å²) in [4.78, 5) is 3.82. The van der Waals surface area contributed by atoms with Gasteiger partial charge < -0.3 is 0 Å². The molecule has 0 spiro atoms. The van der Waals surface area contributed by atoms with E-state index >= 15 is 0 Å². The zero-order valence-electron chi connectivity index (χ0n) is 7.69. The summed E-state index contributed by atoms with van der Waals surface area (Å²) in [5.41, 5.74) is -0.516. The summed E-state index contributed by atoms with van der Waals surface area (Å²) in [6, 6.07) is 1.13. The van der Waals surface area contributed by atoms with Gasteiger partial charge in [0.15, 0.2) is 0 Å². The van der Waals surface area contributed by atoms with Crippen molar-refractivity contribution < 1.29 is 13.2 Å². The maximum atomic E-state index is 12.5. The molecule has 1 aromatic rings. The number of rotatable bonds is 1. The highest BCUT2D eigenvalue weighted by atomic mass is 127. The summed E-state index contributed by atoms with van der Waals surface area (Å²) in [5, 5.41) is 0. The van der Waals surface area contributed by atoms with Crippen LogP contribution in [-0.4, -0.2) is 4.98 Å². The lowest BCUT2D eigenvalue weighted by Crippen LogP contribution is -2.12. The van der Waals surface area contributed by atoms with Crippen molar-refractivity contribution in [1.29, 1.82) is 0 Å². The van der Waals surface area contributed by atoms with Gasteiger partial charge in [-0.2, -0.15) is 13.2 Å². The van der Waals surface area contributed by atoms with Crippen molar-refractivity contribution >= 4 is 22.6 Å². The van der Waals surface area contributed by atoms with E-state index in [1.54, 1.807) is 13.8 Å². The van der Waals surface area contributed by atoms with E-state index in [9.17, 15) is 13.2 Å². The number of alkyl halides is 3. The van der Waals surface area contributed by atoms with Crippen LogP contribution in [-0.2, 0) is 6.18 Å². The number of nitrogens with zero attached hydrogens (tertiary/aromatic N) is 1. The molecule has 1 nitrogen and oxygen atoms in total. The Morgan fingerprint density at radius 1 is 1.36 bits per heavy atom. The highest BCUT2D eigenvalue weighted by molar-refractivity contribution is 14.1. The topological polar surface area (TPSA) is 12.9 Å². The molecule has 5 heteroatoms. The van der Waals surface area contributed by atoms with Crippen LogP contribution >= 0.6 is 22.6 Å². The zero-order valence-corrected chi connectivity index (χ0v) is 9.85. The molecule has 1 rings (SSSR count). The molecule has 0 saturated heterocycles. The molecule has 0 aromatic carbocycles. The molecular weight excluding hydrogens is 306 g/mol. The first-order chi connectivity index (χ1) is 6.32. The summed E-state index contributed by atoms with van der Waals surface area (Å²) >= 11 is 1.82. The Balaban J connectivity index is 3.30. The van der Waals surface area contributed by atoms with Gasteiger partial charge in [0.1, 0.15) is 0 Å². The molecular formula is C9H9F3IN. The molecule has 1 heterocycles. The third-order valence-electron chi connectivity index (χ3n) is 1.74. The average molecular weight is 315 g/mol. The van der Waals surface area contributed by atoms with E-state index in [0.717, 1.165) is 6.07 Å². The van der Waals surface area contributed by atoms with E-state index in [-0.39, 0.29) is 11.6 Å². The van der Waals surface area contributed by atoms with E-state index in [2.05, 4.69) is 4.98 Å². The zero-order chi connectivity index (χ0) is 10.9. The van der Waals surface area contributed by atoms with E-state index < -0.39 is 11.7 Å². The lowest BCUT2D eigenvalue weighted by molar-refractivity contribution is -0.138. The molecule has 0 aliphatic heterocycles. The Morgan fingerprint density at radius 3 is 2.36 bits per heavy atom. The predicted molar refractivity (Wildman–Crippen MR) is 56.0 cm³/mol. The van der Waals surface area contributed by atoms with E-state index in [4.69, 9.17) is 0 Å². The highest BCUT2D eigenvalue weighted by Crippen LogP contribution is 2.34. The quantitative estimate of drug-likeness (QED) is 0.718. The van der Waals surface area contributed by atoms with Crippen molar-refractivity contribution in [2.45, 2.75) is 25.9 Å². The van der Waals surface area contributed by atoms with Gasteiger partial charge in [-0.3, -0.25) is 4.98 Å². The van der Waals surface area contributed by atoms with Crippen LogP contribution in [0.25, 0.3) is 0 Å². The fourth-order valence-corrected chi connectivity index (χ4v) is 1.59. The second-order valence-corrected chi connectivity index (χ2v) is 4.48. The summed E-state index contributed by atoms with van der Waals surface area (Å²) in [5.74, 6) is -0.219. The standard InChI is InChI=1S/C9H9F3IN/c1-5(2)8-7(9(10,11)12)3-6(13)4-14-8/h3-5H,1-2H3. The molecule has 0 atom stereocenters. The third-order valence-corrected chi connectivity index (χ3v) is 2.33. The second-order valence-electron chi connectivity index (χ2n) is 3.24. The Labute approximate surface area is 93.9 Å². The Morgan fingerprint density at radius 2 is 1.93 bits per heavy atom. The Kier molecular flexibility index (Phi) is 3.39. The van der Waals surface area contributed by atoms with Gasteiger partial charge in [0.25, 0.3) is 0 Å². The van der Waals surface area contributed by atoms with Crippen molar-refractivity contribution in [2.24, 2.45) is 0 Å². The first kappa shape index (κ1) is 11.7. The maximum Gasteiger partial charge on any atom is 0.418 e. The predicted octanol–water partition coefficient (Wildman–Crippen LogP) is 3.83. The van der Waals surface area contributed by atoms with Crippen molar-refractivity contribution in [3.63, 3.8) is 0 Å². The van der Waals surface area contributed by atoms with Crippen molar-refractivity contribution in [3.05, 3.63) is 27.1 Å². The summed E-state index contributed by atoms with van der Waals surface area (Å²) in [6.07, 6.45) is -2.86. The fourth-order valence-electron chi connectivity index (χ4n) is 1.14. The molecule has 1 aromatic heterocycles. The van der Waals surface area contributed by atoms with Crippen molar-refractivity contribution in [2.75, 3.05) is 0 Å². The van der Waals surface area contributed by atoms with E-state index in [0.29, 0.717) is 3.57 Å². The second kappa shape index (κ2) is 4.04. The molecule has 0 fully saturated rings. The lowest BCUT2D eigenvalue weighted by Gasteiger charge is -2.14. The number of aromatic nitrogens is 1. The Hall–Kier alpha value is -0.330. The summed E-state index contributed by atoms with van der Waals surface area (Å²) in [6.45, 7) is 3.40. The van der Waals surface area contributed by atoms with Crippen LogP contribution in [0.3, 0.4) is 0 Å². The number of hydrogen-bond acceptors (Lipinski definition) is 1. The molecule has 0 radical (unpaired) electrons. The van der Waals surface area contributed by atoms with E-state index in [1.165, 1.54) is 6.20 Å². The van der Waals surface area contributed by atoms with Crippen molar-refractivity contribution in [3.8, 4) is 0 Å². The van der Waals surface area contributed by atoms with Crippen LogP contribution < -0.4 is 0 Å². The molecule has 0 N–H and O–H groups in total. The molecule has 0 saturated carbocycles. The molecule has 0 aliphatic rings. The molecule has 0 amide bonds. The fraction of sp³-hybridized carbons (Fsp3) is 0.444. The molecule has 0 unspecified atom stereocenters. The van der Waals surface area contributed by atoms with Gasteiger partial charge in [-0.1, -0.05) is 13.8 Å². The van der Waals surface area contributed by atoms with Crippen LogP contribution in [0.2, 0.25) is 0 Å². The maximum absolute atomic E-state index is 12.5. The van der Waals surface area contributed by atoms with Gasteiger partial charge in [-0.25, -0.2) is 0 Å². The van der Waals surface area contributed by atoms with Crippen LogP contribution in [0, 0.1) is 3.57 Å². The monoisotopic (exact) mass is 315 g/mol. The van der Waals surface area contributed by atoms with Gasteiger partial charge in [0.05, 0.1) is 11.3 Å². The minimum absolute atomic E-state index is 0.109. The minimum Gasteiger partial charge on any atom is -0.259 e. The molecule has 14 heavy (non-hydrogen) atoms. The molecule has 0 bridgehead atoms. The van der Waals surface area contributed by atoms with Gasteiger partial charge in [-0.15, -0.1) is 0 Å². The molecule has 0 aliphatic carbocycles. The normalized spacial score (nSPS) is 12.2. The van der Waals surface area contributed by atoms with Crippen LogP contribution in [0.5, 0.6) is 0 Å². The molecule has 78 valence electrons. The van der Waals surface area contributed by atoms with Crippen LogP contribution in [0.15, 0.2) is 12.3 Å². The van der Waals surface area contributed by atoms with Gasteiger partial charge in [-0.05, 0) is 34.6 Å². The van der Waals surface area contributed by atoms with E-state index in [1.807, 2.05) is 22.6 Å². The van der Waals surface area contributed by atoms with Crippen LogP contribution in [0.1, 0.15) is 31.0 Å². The smallest absolute Gasteiger partial charge is 0.259 e. The van der Waals surface area contributed by atoms with Crippen molar-refractivity contribution in [1.82, 2.24) is 4.98 Å². The number of hydrogen-bond donors (Lipinski definition) is 0. The SMILES string of the molecule is CC(C)c1ncc(I)cc1C(F)(F)F. The third kappa shape index (κ3) is 2.59. The highest BCUT2D eigenvalue weighted by Gasteiger charge is 2.34. The first-order valence-electron chi connectivity index (χ1n) is 4.05.